The average Bonchev–Trinajstić information content (AvgIpc) is 2.98. The molecular formula is C38H77N3O9. The maximum Gasteiger partial charge on any atom is 0.0869 e. The Bertz CT molecular complexity index is 934. The number of aliphatic hydroxyl groups excluding tert-OH is 2. The van der Waals surface area contributed by atoms with E-state index in [1.165, 1.54) is 0 Å². The lowest BCUT2D eigenvalue weighted by molar-refractivity contribution is -0.153. The molecule has 0 bridgehead atoms. The number of aliphatic hydroxyl groups is 2. The fourth-order valence-electron chi connectivity index (χ4n) is 5.06. The lowest BCUT2D eigenvalue weighted by Crippen LogP contribution is -2.41. The summed E-state index contributed by atoms with van der Waals surface area (Å²) >= 11 is 0. The van der Waals surface area contributed by atoms with E-state index in [-0.39, 0.29) is 42.3 Å². The number of rotatable bonds is 32. The van der Waals surface area contributed by atoms with Crippen molar-refractivity contribution in [3.63, 3.8) is 0 Å². The van der Waals surface area contributed by atoms with Crippen molar-refractivity contribution in [3.8, 4) is 0 Å². The van der Waals surface area contributed by atoms with Crippen molar-refractivity contribution in [3.05, 3.63) is 10.4 Å². The van der Waals surface area contributed by atoms with E-state index in [1.54, 1.807) is 0 Å². The van der Waals surface area contributed by atoms with Gasteiger partial charge in [-0.3, -0.25) is 0 Å². The number of hydrogen-bond donors (Lipinski definition) is 2. The number of unbranched alkanes of at least 4 members (excludes halogenated alkanes) is 1. The fourth-order valence-corrected chi connectivity index (χ4v) is 5.06. The molecule has 0 spiro atoms. The smallest absolute Gasteiger partial charge is 0.0869 e. The van der Waals surface area contributed by atoms with E-state index < -0.39 is 22.9 Å². The van der Waals surface area contributed by atoms with E-state index in [0.29, 0.717) is 72.1 Å². The molecule has 50 heavy (non-hydrogen) atoms. The van der Waals surface area contributed by atoms with Crippen LogP contribution in [0.4, 0.5) is 0 Å². The number of hydrogen-bond acceptors (Lipinski definition) is 10. The number of nitrogens with zero attached hydrogens (tertiary/aromatic N) is 3. The van der Waals surface area contributed by atoms with Gasteiger partial charge < -0.3 is 43.4 Å². The Kier molecular flexibility index (Phi) is 23.1. The maximum atomic E-state index is 9.59. The molecular weight excluding hydrogens is 642 g/mol. The van der Waals surface area contributed by atoms with E-state index in [1.807, 2.05) is 27.7 Å². The normalized spacial score (nSPS) is 14.9. The second-order valence-corrected chi connectivity index (χ2v) is 17.7. The number of azide groups is 1. The highest BCUT2D eigenvalue weighted by molar-refractivity contribution is 4.81. The first-order valence-electron chi connectivity index (χ1n) is 18.6. The standard InChI is InChI=1S/C38H77N3O9/c1-14-15-19-44-26-31(23-38(12,13)48-22-18-37(10,11)50-32(25-42)24-40-41-39)49-36(8,9)17-21-47-35(6,7)16-20-45-29-34(4,5)30-46-28-33(2,3)27-43/h31-32,42-43H,14-30H2,1-13H3/t31-,32+/m1/s1. The molecule has 0 aromatic rings. The predicted molar refractivity (Wildman–Crippen MR) is 200 cm³/mol. The highest BCUT2D eigenvalue weighted by Gasteiger charge is 2.32. The summed E-state index contributed by atoms with van der Waals surface area (Å²) in [5, 5.41) is 22.6. The quantitative estimate of drug-likeness (QED) is 0.0309. The molecule has 0 aromatic heterocycles. The molecule has 0 aliphatic rings. The minimum absolute atomic E-state index is 0.0773. The zero-order valence-electron chi connectivity index (χ0n) is 34.3. The lowest BCUT2D eigenvalue weighted by atomic mass is 9.94. The van der Waals surface area contributed by atoms with Crippen molar-refractivity contribution < 1.29 is 43.4 Å². The summed E-state index contributed by atoms with van der Waals surface area (Å²) in [5.74, 6) is 0. The molecule has 12 heteroatoms. The molecule has 0 fully saturated rings. The van der Waals surface area contributed by atoms with Crippen LogP contribution in [-0.2, 0) is 33.2 Å². The Morgan fingerprint density at radius 3 is 1.68 bits per heavy atom. The van der Waals surface area contributed by atoms with Gasteiger partial charge in [0.15, 0.2) is 0 Å². The molecule has 2 atom stereocenters. The summed E-state index contributed by atoms with van der Waals surface area (Å²) in [6.07, 6.45) is 4.05. The zero-order chi connectivity index (χ0) is 38.5. The summed E-state index contributed by atoms with van der Waals surface area (Å²) in [7, 11) is 0. The third-order valence-corrected chi connectivity index (χ3v) is 8.34. The summed E-state index contributed by atoms with van der Waals surface area (Å²) in [6.45, 7) is 31.1. The number of ether oxygens (including phenoxy) is 7. The maximum absolute atomic E-state index is 9.59. The SMILES string of the molecule is CCCCOC[C@@H](CC(C)(C)OCCC(C)(C)O[C@H](CO)CN=[N+]=[N-])OC(C)(C)CCOC(C)(C)CCOCC(C)(C)COCC(C)(C)CO. The van der Waals surface area contributed by atoms with Crippen molar-refractivity contribution in [1.29, 1.82) is 0 Å². The molecule has 0 aliphatic heterocycles. The van der Waals surface area contributed by atoms with Crippen molar-refractivity contribution in [2.75, 3.05) is 72.6 Å². The van der Waals surface area contributed by atoms with Gasteiger partial charge in [-0.25, -0.2) is 0 Å². The highest BCUT2D eigenvalue weighted by Crippen LogP contribution is 2.28. The minimum Gasteiger partial charge on any atom is -0.396 e. The van der Waals surface area contributed by atoms with Crippen molar-refractivity contribution in [1.82, 2.24) is 0 Å². The Labute approximate surface area is 305 Å². The van der Waals surface area contributed by atoms with Gasteiger partial charge in [0.25, 0.3) is 0 Å². The molecule has 2 N–H and O–H groups in total. The van der Waals surface area contributed by atoms with Crippen molar-refractivity contribution in [2.24, 2.45) is 15.9 Å². The summed E-state index contributed by atoms with van der Waals surface area (Å²) in [4.78, 5) is 2.76. The van der Waals surface area contributed by atoms with Gasteiger partial charge in [-0.05, 0) is 86.6 Å². The third-order valence-electron chi connectivity index (χ3n) is 8.34. The van der Waals surface area contributed by atoms with Crippen LogP contribution >= 0.6 is 0 Å². The molecule has 0 saturated heterocycles. The largest absolute Gasteiger partial charge is 0.396 e. The summed E-state index contributed by atoms with van der Waals surface area (Å²) in [6, 6.07) is 0. The van der Waals surface area contributed by atoms with Crippen LogP contribution in [0.2, 0.25) is 0 Å². The van der Waals surface area contributed by atoms with Crippen LogP contribution in [-0.4, -0.2) is 117 Å². The van der Waals surface area contributed by atoms with Gasteiger partial charge >= 0.3 is 0 Å². The van der Waals surface area contributed by atoms with Gasteiger partial charge in [-0.2, -0.15) is 0 Å². The molecule has 0 heterocycles. The second-order valence-electron chi connectivity index (χ2n) is 17.7. The molecule has 0 saturated carbocycles. The molecule has 0 aromatic carbocycles. The van der Waals surface area contributed by atoms with Gasteiger partial charge in [-0.1, -0.05) is 46.2 Å². The Morgan fingerprint density at radius 1 is 0.620 bits per heavy atom. The Morgan fingerprint density at radius 2 is 1.14 bits per heavy atom. The Hall–Kier alpha value is -1.05. The first kappa shape index (κ1) is 49.0. The van der Waals surface area contributed by atoms with Crippen LogP contribution in [0.25, 0.3) is 10.4 Å². The fraction of sp³-hybridized carbons (Fsp3) is 1.00. The van der Waals surface area contributed by atoms with Gasteiger partial charge in [0.05, 0.1) is 94.0 Å². The lowest BCUT2D eigenvalue weighted by Gasteiger charge is -2.37. The van der Waals surface area contributed by atoms with Crippen LogP contribution < -0.4 is 0 Å². The monoisotopic (exact) mass is 720 g/mol. The van der Waals surface area contributed by atoms with Crippen LogP contribution in [0.5, 0.6) is 0 Å². The molecule has 298 valence electrons. The van der Waals surface area contributed by atoms with E-state index in [9.17, 15) is 10.2 Å². The summed E-state index contributed by atoms with van der Waals surface area (Å²) in [5.41, 5.74) is 6.37. The summed E-state index contributed by atoms with van der Waals surface area (Å²) < 4.78 is 43.3. The van der Waals surface area contributed by atoms with Crippen molar-refractivity contribution in [2.45, 2.75) is 163 Å². The minimum atomic E-state index is -0.570. The first-order chi connectivity index (χ1) is 23.0. The molecule has 0 amide bonds. The molecule has 0 radical (unpaired) electrons. The van der Waals surface area contributed by atoms with Gasteiger partial charge in [0, 0.05) is 35.4 Å². The van der Waals surface area contributed by atoms with Crippen LogP contribution in [0.3, 0.4) is 0 Å². The molecule has 12 nitrogen and oxygen atoms in total. The molecule has 0 aliphatic carbocycles. The van der Waals surface area contributed by atoms with Gasteiger partial charge in [0.1, 0.15) is 0 Å². The van der Waals surface area contributed by atoms with E-state index in [4.69, 9.17) is 38.7 Å². The first-order valence-corrected chi connectivity index (χ1v) is 18.6. The van der Waals surface area contributed by atoms with Crippen LogP contribution in [0.1, 0.15) is 129 Å². The van der Waals surface area contributed by atoms with E-state index in [2.05, 4.69) is 72.3 Å². The molecule has 0 unspecified atom stereocenters. The second kappa shape index (κ2) is 23.6. The average molecular weight is 720 g/mol. The zero-order valence-corrected chi connectivity index (χ0v) is 34.3. The van der Waals surface area contributed by atoms with E-state index >= 15 is 0 Å². The van der Waals surface area contributed by atoms with E-state index in [0.717, 1.165) is 19.3 Å². The van der Waals surface area contributed by atoms with Crippen molar-refractivity contribution >= 4 is 0 Å². The Balaban J connectivity index is 4.95. The van der Waals surface area contributed by atoms with Gasteiger partial charge in [0.2, 0.25) is 0 Å². The van der Waals surface area contributed by atoms with Gasteiger partial charge in [-0.15, -0.1) is 0 Å². The van der Waals surface area contributed by atoms with Crippen LogP contribution in [0, 0.1) is 10.8 Å². The molecule has 0 rings (SSSR count). The highest BCUT2D eigenvalue weighted by atomic mass is 16.6. The third kappa shape index (κ3) is 25.8. The van der Waals surface area contributed by atoms with Crippen LogP contribution in [0.15, 0.2) is 5.11 Å². The topological polar surface area (TPSA) is 154 Å². The predicted octanol–water partition coefficient (Wildman–Crippen LogP) is 7.66.